The Labute approximate surface area is 107 Å². The Morgan fingerprint density at radius 3 is 2.39 bits per heavy atom. The van der Waals surface area contributed by atoms with Crippen LogP contribution in [0, 0.1) is 0 Å². The van der Waals surface area contributed by atoms with Crippen LogP contribution in [0.3, 0.4) is 0 Å². The van der Waals surface area contributed by atoms with Gasteiger partial charge in [0.15, 0.2) is 0 Å². The van der Waals surface area contributed by atoms with Crippen molar-refractivity contribution in [2.24, 2.45) is 5.73 Å². The molecule has 1 aliphatic heterocycles. The van der Waals surface area contributed by atoms with Gasteiger partial charge >= 0.3 is 0 Å². The fourth-order valence-electron chi connectivity index (χ4n) is 2.12. The molecule has 2 aliphatic rings. The second-order valence-corrected chi connectivity index (χ2v) is 5.23. The number of hydrogen-bond donors (Lipinski definition) is 2. The number of rotatable bonds is 4. The maximum Gasteiger partial charge on any atom is 0.239 e. The Hall–Kier alpha value is -1.14. The van der Waals surface area contributed by atoms with Gasteiger partial charge in [-0.15, -0.1) is 0 Å². The molecule has 102 valence electrons. The highest BCUT2D eigenvalue weighted by molar-refractivity contribution is 5.81. The Balaban J connectivity index is 1.69. The first-order valence-electron chi connectivity index (χ1n) is 6.62. The number of nitrogens with zero attached hydrogens (tertiary/aromatic N) is 2. The quantitative estimate of drug-likeness (QED) is 0.657. The van der Waals surface area contributed by atoms with Gasteiger partial charge in [-0.05, 0) is 19.8 Å². The van der Waals surface area contributed by atoms with Gasteiger partial charge in [0.1, 0.15) is 0 Å². The smallest absolute Gasteiger partial charge is 0.239 e. The molecule has 1 heterocycles. The first kappa shape index (κ1) is 13.3. The second-order valence-electron chi connectivity index (χ2n) is 5.23. The van der Waals surface area contributed by atoms with E-state index >= 15 is 0 Å². The van der Waals surface area contributed by atoms with Gasteiger partial charge in [0, 0.05) is 32.2 Å². The third-order valence-corrected chi connectivity index (χ3v) is 3.38. The van der Waals surface area contributed by atoms with Crippen molar-refractivity contribution < 1.29 is 9.59 Å². The lowest BCUT2D eigenvalue weighted by Crippen LogP contribution is -2.54. The molecule has 3 N–H and O–H groups in total. The van der Waals surface area contributed by atoms with Crippen LogP contribution in [-0.4, -0.2) is 66.4 Å². The molecule has 1 atom stereocenters. The molecule has 0 spiro atoms. The monoisotopic (exact) mass is 254 g/mol. The zero-order valence-corrected chi connectivity index (χ0v) is 10.9. The Kier molecular flexibility index (Phi) is 4.19. The summed E-state index contributed by atoms with van der Waals surface area (Å²) in [7, 11) is 0. The van der Waals surface area contributed by atoms with Gasteiger partial charge in [0.05, 0.1) is 12.6 Å². The summed E-state index contributed by atoms with van der Waals surface area (Å²) >= 11 is 0. The zero-order chi connectivity index (χ0) is 13.1. The highest BCUT2D eigenvalue weighted by atomic mass is 16.2. The van der Waals surface area contributed by atoms with Crippen LogP contribution in [0.5, 0.6) is 0 Å². The van der Waals surface area contributed by atoms with E-state index in [0.717, 1.165) is 25.9 Å². The fraction of sp³-hybridized carbons (Fsp3) is 0.833. The molecule has 18 heavy (non-hydrogen) atoms. The standard InChI is InChI=1S/C12H22N4O2/c1-9(13)12(18)16-6-4-15(5-7-16)8-11(17)14-10-2-3-10/h9-10H,2-8,13H2,1H3,(H,14,17). The van der Waals surface area contributed by atoms with Gasteiger partial charge < -0.3 is 16.0 Å². The van der Waals surface area contributed by atoms with Crippen molar-refractivity contribution >= 4 is 11.8 Å². The molecule has 0 radical (unpaired) electrons. The van der Waals surface area contributed by atoms with E-state index in [2.05, 4.69) is 10.2 Å². The number of hydrogen-bond acceptors (Lipinski definition) is 4. The highest BCUT2D eigenvalue weighted by Gasteiger charge is 2.26. The van der Waals surface area contributed by atoms with E-state index in [1.54, 1.807) is 11.8 Å². The molecule has 1 aliphatic carbocycles. The Bertz CT molecular complexity index is 320. The molecule has 6 nitrogen and oxygen atoms in total. The normalized spacial score (nSPS) is 22.7. The summed E-state index contributed by atoms with van der Waals surface area (Å²) in [6, 6.07) is -0.0202. The second kappa shape index (κ2) is 5.67. The number of nitrogens with two attached hydrogens (primary N) is 1. The minimum absolute atomic E-state index is 0.00270. The first-order chi connectivity index (χ1) is 8.56. The largest absolute Gasteiger partial charge is 0.352 e. The molecule has 2 amide bonds. The van der Waals surface area contributed by atoms with Gasteiger partial charge in [-0.25, -0.2) is 0 Å². The van der Waals surface area contributed by atoms with Gasteiger partial charge in [-0.3, -0.25) is 14.5 Å². The van der Waals surface area contributed by atoms with Crippen LogP contribution in [0.15, 0.2) is 0 Å². The molecule has 0 aromatic carbocycles. The highest BCUT2D eigenvalue weighted by Crippen LogP contribution is 2.18. The molecule has 0 aromatic heterocycles. The number of carbonyl (C=O) groups excluding carboxylic acids is 2. The molecular weight excluding hydrogens is 232 g/mol. The van der Waals surface area contributed by atoms with E-state index in [9.17, 15) is 9.59 Å². The van der Waals surface area contributed by atoms with Gasteiger partial charge in [0.25, 0.3) is 0 Å². The molecule has 2 rings (SSSR count). The predicted octanol–water partition coefficient (Wildman–Crippen LogP) is -1.24. The van der Waals surface area contributed by atoms with Crippen LogP contribution in [0.4, 0.5) is 0 Å². The lowest BCUT2D eigenvalue weighted by atomic mass is 10.2. The van der Waals surface area contributed by atoms with Crippen LogP contribution in [0.25, 0.3) is 0 Å². The van der Waals surface area contributed by atoms with E-state index in [-0.39, 0.29) is 11.8 Å². The van der Waals surface area contributed by atoms with E-state index in [1.165, 1.54) is 0 Å². The van der Waals surface area contributed by atoms with Gasteiger partial charge in [0.2, 0.25) is 11.8 Å². The summed E-state index contributed by atoms with van der Waals surface area (Å²) in [5.41, 5.74) is 5.57. The lowest BCUT2D eigenvalue weighted by molar-refractivity contribution is -0.134. The fourth-order valence-corrected chi connectivity index (χ4v) is 2.12. The first-order valence-corrected chi connectivity index (χ1v) is 6.62. The van der Waals surface area contributed by atoms with Gasteiger partial charge in [-0.2, -0.15) is 0 Å². The maximum absolute atomic E-state index is 11.7. The van der Waals surface area contributed by atoms with Crippen LogP contribution < -0.4 is 11.1 Å². The molecule has 0 bridgehead atoms. The lowest BCUT2D eigenvalue weighted by Gasteiger charge is -2.35. The summed E-state index contributed by atoms with van der Waals surface area (Å²) < 4.78 is 0. The van der Waals surface area contributed by atoms with Crippen molar-refractivity contribution in [3.8, 4) is 0 Å². The molecule has 6 heteroatoms. The minimum Gasteiger partial charge on any atom is -0.352 e. The van der Waals surface area contributed by atoms with Crippen molar-refractivity contribution in [3.05, 3.63) is 0 Å². The van der Waals surface area contributed by atoms with Crippen molar-refractivity contribution in [1.29, 1.82) is 0 Å². The van der Waals surface area contributed by atoms with E-state index < -0.39 is 6.04 Å². The predicted molar refractivity (Wildman–Crippen MR) is 67.8 cm³/mol. The Morgan fingerprint density at radius 1 is 1.28 bits per heavy atom. The van der Waals surface area contributed by atoms with Crippen LogP contribution in [-0.2, 0) is 9.59 Å². The van der Waals surface area contributed by atoms with Crippen molar-refractivity contribution in [2.75, 3.05) is 32.7 Å². The topological polar surface area (TPSA) is 78.7 Å². The third kappa shape index (κ3) is 3.68. The van der Waals surface area contributed by atoms with Gasteiger partial charge in [-0.1, -0.05) is 0 Å². The summed E-state index contributed by atoms with van der Waals surface area (Å²) in [6.45, 7) is 4.97. The van der Waals surface area contributed by atoms with Crippen molar-refractivity contribution in [2.45, 2.75) is 31.8 Å². The Morgan fingerprint density at radius 2 is 1.89 bits per heavy atom. The number of piperazine rings is 1. The molecular formula is C12H22N4O2. The van der Waals surface area contributed by atoms with Crippen molar-refractivity contribution in [1.82, 2.24) is 15.1 Å². The molecule has 2 fully saturated rings. The number of amides is 2. The molecule has 1 unspecified atom stereocenters. The minimum atomic E-state index is -0.435. The molecule has 0 aromatic rings. The number of carbonyl (C=O) groups is 2. The van der Waals surface area contributed by atoms with E-state index in [1.807, 2.05) is 0 Å². The summed E-state index contributed by atoms with van der Waals surface area (Å²) in [5.74, 6) is 0.0987. The van der Waals surface area contributed by atoms with Crippen LogP contribution in [0.2, 0.25) is 0 Å². The summed E-state index contributed by atoms with van der Waals surface area (Å²) in [5, 5.41) is 2.97. The SMILES string of the molecule is CC(N)C(=O)N1CCN(CC(=O)NC2CC2)CC1. The van der Waals surface area contributed by atoms with Crippen LogP contribution >= 0.6 is 0 Å². The molecule has 1 saturated carbocycles. The van der Waals surface area contributed by atoms with E-state index in [4.69, 9.17) is 5.73 Å². The van der Waals surface area contributed by atoms with E-state index in [0.29, 0.717) is 25.7 Å². The zero-order valence-electron chi connectivity index (χ0n) is 10.9. The molecule has 1 saturated heterocycles. The van der Waals surface area contributed by atoms with Crippen molar-refractivity contribution in [3.63, 3.8) is 0 Å². The number of nitrogens with one attached hydrogen (secondary N) is 1. The summed E-state index contributed by atoms with van der Waals surface area (Å²) in [6.07, 6.45) is 2.23. The average molecular weight is 254 g/mol. The maximum atomic E-state index is 11.7. The average Bonchev–Trinajstić information content (AvgIpc) is 3.12. The third-order valence-electron chi connectivity index (χ3n) is 3.38. The van der Waals surface area contributed by atoms with Crippen LogP contribution in [0.1, 0.15) is 19.8 Å². The summed E-state index contributed by atoms with van der Waals surface area (Å²) in [4.78, 5) is 27.2.